The second-order valence-electron chi connectivity index (χ2n) is 3.96. The predicted octanol–water partition coefficient (Wildman–Crippen LogP) is 4.52. The summed E-state index contributed by atoms with van der Waals surface area (Å²) in [5, 5.41) is 0.858. The molecule has 0 aromatic heterocycles. The van der Waals surface area contributed by atoms with Gasteiger partial charge in [-0.25, -0.2) is 0 Å². The Labute approximate surface area is 116 Å². The van der Waals surface area contributed by atoms with Crippen molar-refractivity contribution in [2.24, 2.45) is 0 Å². The van der Waals surface area contributed by atoms with Crippen LogP contribution in [0.15, 0.2) is 48.5 Å². The fourth-order valence-corrected chi connectivity index (χ4v) is 2.02. The summed E-state index contributed by atoms with van der Waals surface area (Å²) in [5.41, 5.74) is 2.34. The van der Waals surface area contributed by atoms with Gasteiger partial charge in [0.05, 0.1) is 6.61 Å². The average Bonchev–Trinajstić information content (AvgIpc) is 2.40. The van der Waals surface area contributed by atoms with Crippen LogP contribution >= 0.6 is 15.9 Å². The maximum absolute atomic E-state index is 5.79. The first-order valence-electron chi connectivity index (χ1n) is 5.72. The normalized spacial score (nSPS) is 10.3. The Kier molecular flexibility index (Phi) is 4.79. The molecule has 0 atom stereocenters. The molecule has 0 fully saturated rings. The van der Waals surface area contributed by atoms with E-state index in [1.165, 1.54) is 5.56 Å². The molecule has 0 heterocycles. The van der Waals surface area contributed by atoms with Crippen LogP contribution in [0.2, 0.25) is 0 Å². The van der Waals surface area contributed by atoms with Gasteiger partial charge < -0.3 is 9.47 Å². The summed E-state index contributed by atoms with van der Waals surface area (Å²) < 4.78 is 10.9. The number of hydrogen-bond acceptors (Lipinski definition) is 2. The van der Waals surface area contributed by atoms with Gasteiger partial charge in [-0.15, -0.1) is 0 Å². The van der Waals surface area contributed by atoms with Crippen molar-refractivity contribution in [3.05, 3.63) is 59.7 Å². The highest BCUT2D eigenvalue weighted by atomic mass is 79.9. The molecular formula is C15H15BrO2. The van der Waals surface area contributed by atoms with Crippen molar-refractivity contribution in [1.29, 1.82) is 0 Å². The topological polar surface area (TPSA) is 18.5 Å². The van der Waals surface area contributed by atoms with Crippen molar-refractivity contribution in [3.63, 3.8) is 0 Å². The summed E-state index contributed by atoms with van der Waals surface area (Å²) in [6.45, 7) is 0.597. The molecule has 0 saturated carbocycles. The Bertz CT molecular complexity index is 494. The van der Waals surface area contributed by atoms with Gasteiger partial charge in [0.15, 0.2) is 0 Å². The molecule has 2 aromatic carbocycles. The van der Waals surface area contributed by atoms with Crippen molar-refractivity contribution in [1.82, 2.24) is 0 Å². The summed E-state index contributed by atoms with van der Waals surface area (Å²) in [6, 6.07) is 16.0. The van der Waals surface area contributed by atoms with E-state index in [1.54, 1.807) is 7.11 Å². The maximum Gasteiger partial charge on any atom is 0.127 e. The highest BCUT2D eigenvalue weighted by molar-refractivity contribution is 9.08. The molecule has 0 radical (unpaired) electrons. The molecule has 0 amide bonds. The number of benzene rings is 2. The van der Waals surface area contributed by atoms with Crippen LogP contribution in [0.4, 0.5) is 0 Å². The SMILES string of the molecule is COCc1cccc(Oc2ccc(CBr)cc2)c1. The molecule has 0 saturated heterocycles. The Balaban J connectivity index is 2.09. The third-order valence-corrected chi connectivity index (χ3v) is 3.17. The van der Waals surface area contributed by atoms with Crippen LogP contribution in [0.25, 0.3) is 0 Å². The summed E-state index contributed by atoms with van der Waals surface area (Å²) >= 11 is 3.42. The highest BCUT2D eigenvalue weighted by Crippen LogP contribution is 2.23. The van der Waals surface area contributed by atoms with Crippen molar-refractivity contribution in [3.8, 4) is 11.5 Å². The van der Waals surface area contributed by atoms with Gasteiger partial charge in [0.25, 0.3) is 0 Å². The number of hydrogen-bond donors (Lipinski definition) is 0. The predicted molar refractivity (Wildman–Crippen MR) is 76.3 cm³/mol. The van der Waals surface area contributed by atoms with E-state index in [1.807, 2.05) is 48.5 Å². The van der Waals surface area contributed by atoms with Gasteiger partial charge in [-0.1, -0.05) is 40.2 Å². The molecule has 94 valence electrons. The van der Waals surface area contributed by atoms with Crippen molar-refractivity contribution < 1.29 is 9.47 Å². The zero-order valence-corrected chi connectivity index (χ0v) is 11.8. The van der Waals surface area contributed by atoms with E-state index in [-0.39, 0.29) is 0 Å². The van der Waals surface area contributed by atoms with Crippen LogP contribution in [0, 0.1) is 0 Å². The molecule has 0 unspecified atom stereocenters. The van der Waals surface area contributed by atoms with E-state index in [4.69, 9.17) is 9.47 Å². The lowest BCUT2D eigenvalue weighted by atomic mass is 10.2. The molecule has 0 aliphatic rings. The smallest absolute Gasteiger partial charge is 0.127 e. The molecule has 0 aliphatic heterocycles. The second-order valence-corrected chi connectivity index (χ2v) is 4.52. The lowest BCUT2D eigenvalue weighted by molar-refractivity contribution is 0.184. The Morgan fingerprint density at radius 2 is 1.72 bits per heavy atom. The van der Waals surface area contributed by atoms with Crippen molar-refractivity contribution in [2.45, 2.75) is 11.9 Å². The molecule has 2 rings (SSSR count). The monoisotopic (exact) mass is 306 g/mol. The van der Waals surface area contributed by atoms with E-state index in [0.29, 0.717) is 6.61 Å². The zero-order valence-electron chi connectivity index (χ0n) is 10.2. The van der Waals surface area contributed by atoms with Gasteiger partial charge in [0.1, 0.15) is 11.5 Å². The van der Waals surface area contributed by atoms with Gasteiger partial charge in [0, 0.05) is 12.4 Å². The molecule has 0 aliphatic carbocycles. The standard InChI is InChI=1S/C15H15BrO2/c1-17-11-13-3-2-4-15(9-13)18-14-7-5-12(10-16)6-8-14/h2-9H,10-11H2,1H3. The lowest BCUT2D eigenvalue weighted by Gasteiger charge is -2.07. The van der Waals surface area contributed by atoms with Crippen molar-refractivity contribution >= 4 is 15.9 Å². The van der Waals surface area contributed by atoms with Gasteiger partial charge in [-0.05, 0) is 35.4 Å². The number of alkyl halides is 1. The third-order valence-electron chi connectivity index (χ3n) is 2.52. The zero-order chi connectivity index (χ0) is 12.8. The molecule has 0 spiro atoms. The lowest BCUT2D eigenvalue weighted by Crippen LogP contribution is -1.89. The average molecular weight is 307 g/mol. The largest absolute Gasteiger partial charge is 0.457 e. The number of halogens is 1. The first-order chi connectivity index (χ1) is 8.81. The van der Waals surface area contributed by atoms with E-state index in [0.717, 1.165) is 22.4 Å². The van der Waals surface area contributed by atoms with Crippen LogP contribution in [0.5, 0.6) is 11.5 Å². The molecule has 2 nitrogen and oxygen atoms in total. The summed E-state index contributed by atoms with van der Waals surface area (Å²) in [5.74, 6) is 1.67. The molecule has 0 N–H and O–H groups in total. The Hall–Kier alpha value is -1.32. The minimum atomic E-state index is 0.597. The van der Waals surface area contributed by atoms with Crippen LogP contribution in [-0.4, -0.2) is 7.11 Å². The molecule has 3 heteroatoms. The van der Waals surface area contributed by atoms with Gasteiger partial charge in [-0.2, -0.15) is 0 Å². The molecule has 18 heavy (non-hydrogen) atoms. The van der Waals surface area contributed by atoms with Crippen LogP contribution < -0.4 is 4.74 Å². The molecular weight excluding hydrogens is 292 g/mol. The molecule has 0 bridgehead atoms. The van der Waals surface area contributed by atoms with Crippen LogP contribution in [0.3, 0.4) is 0 Å². The first kappa shape index (κ1) is 13.1. The summed E-state index contributed by atoms with van der Waals surface area (Å²) in [6.07, 6.45) is 0. The second kappa shape index (κ2) is 6.57. The fourth-order valence-electron chi connectivity index (χ4n) is 1.65. The fraction of sp³-hybridized carbons (Fsp3) is 0.200. The summed E-state index contributed by atoms with van der Waals surface area (Å²) in [4.78, 5) is 0. The van der Waals surface area contributed by atoms with Crippen LogP contribution in [0.1, 0.15) is 11.1 Å². The molecule has 2 aromatic rings. The first-order valence-corrected chi connectivity index (χ1v) is 6.84. The number of ether oxygens (including phenoxy) is 2. The van der Waals surface area contributed by atoms with E-state index in [2.05, 4.69) is 15.9 Å². The van der Waals surface area contributed by atoms with Gasteiger partial charge in [0.2, 0.25) is 0 Å². The maximum atomic E-state index is 5.79. The summed E-state index contributed by atoms with van der Waals surface area (Å²) in [7, 11) is 1.69. The Morgan fingerprint density at radius 3 is 2.39 bits per heavy atom. The minimum Gasteiger partial charge on any atom is -0.457 e. The van der Waals surface area contributed by atoms with E-state index in [9.17, 15) is 0 Å². The number of methoxy groups -OCH3 is 1. The number of rotatable bonds is 5. The minimum absolute atomic E-state index is 0.597. The quantitative estimate of drug-likeness (QED) is 0.756. The van der Waals surface area contributed by atoms with E-state index < -0.39 is 0 Å². The van der Waals surface area contributed by atoms with E-state index >= 15 is 0 Å². The van der Waals surface area contributed by atoms with Crippen molar-refractivity contribution in [2.75, 3.05) is 7.11 Å². The Morgan fingerprint density at radius 1 is 0.944 bits per heavy atom. The van der Waals surface area contributed by atoms with Gasteiger partial charge >= 0.3 is 0 Å². The van der Waals surface area contributed by atoms with Gasteiger partial charge in [-0.3, -0.25) is 0 Å². The third kappa shape index (κ3) is 3.59. The van der Waals surface area contributed by atoms with Crippen LogP contribution in [-0.2, 0) is 16.7 Å². The highest BCUT2D eigenvalue weighted by Gasteiger charge is 1.99.